The molecule has 6 heteroatoms. The Morgan fingerprint density at radius 1 is 1.58 bits per heavy atom. The molecule has 0 fully saturated rings. The van der Waals surface area contributed by atoms with Crippen molar-refractivity contribution >= 4 is 27.7 Å². The minimum Gasteiger partial charge on any atom is -0.482 e. The predicted octanol–water partition coefficient (Wildman–Crippen LogP) is 2.41. The Bertz CT molecular complexity index is 530. The zero-order valence-corrected chi connectivity index (χ0v) is 11.8. The second-order valence-electron chi connectivity index (χ2n) is 4.24. The van der Waals surface area contributed by atoms with E-state index in [1.807, 2.05) is 0 Å². The van der Waals surface area contributed by atoms with Gasteiger partial charge in [0.05, 0.1) is 11.6 Å². The lowest BCUT2D eigenvalue weighted by Crippen LogP contribution is -2.33. The van der Waals surface area contributed by atoms with Crippen LogP contribution in [-0.4, -0.2) is 25.0 Å². The molecule has 1 aromatic carbocycles. The third-order valence-electron chi connectivity index (χ3n) is 2.93. The lowest BCUT2D eigenvalue weighted by molar-refractivity contribution is -0.141. The molecule has 0 bridgehead atoms. The average Bonchev–Trinajstić information content (AvgIpc) is 2.38. The van der Waals surface area contributed by atoms with Gasteiger partial charge in [0.2, 0.25) is 0 Å². The molecule has 1 heterocycles. The molecule has 1 aliphatic rings. The van der Waals surface area contributed by atoms with Gasteiger partial charge >= 0.3 is 5.97 Å². The first-order valence-electron chi connectivity index (χ1n) is 5.75. The van der Waals surface area contributed by atoms with Gasteiger partial charge in [-0.25, -0.2) is 4.39 Å². The first-order chi connectivity index (χ1) is 9.01. The van der Waals surface area contributed by atoms with Gasteiger partial charge in [-0.05, 0) is 22.0 Å². The average molecular weight is 331 g/mol. The normalized spacial score (nSPS) is 17.6. The van der Waals surface area contributed by atoms with Crippen LogP contribution in [0.25, 0.3) is 0 Å². The van der Waals surface area contributed by atoms with Crippen molar-refractivity contribution in [2.75, 3.05) is 7.11 Å². The van der Waals surface area contributed by atoms with Crippen LogP contribution in [0, 0.1) is 5.82 Å². The summed E-state index contributed by atoms with van der Waals surface area (Å²) in [6.07, 6.45) is -0.198. The maximum Gasteiger partial charge on any atom is 0.305 e. The highest BCUT2D eigenvalue weighted by Gasteiger charge is 2.29. The topological polar surface area (TPSA) is 52.6 Å². The third-order valence-corrected chi connectivity index (χ3v) is 3.54. The van der Waals surface area contributed by atoms with Crippen LogP contribution in [0.2, 0.25) is 0 Å². The molecule has 0 amide bonds. The molecular formula is C13H12BrFO4. The van der Waals surface area contributed by atoms with Gasteiger partial charge in [0, 0.05) is 30.9 Å². The van der Waals surface area contributed by atoms with Crippen LogP contribution in [0.1, 0.15) is 18.4 Å². The predicted molar refractivity (Wildman–Crippen MR) is 68.5 cm³/mol. The largest absolute Gasteiger partial charge is 0.482 e. The van der Waals surface area contributed by atoms with E-state index in [0.29, 0.717) is 15.8 Å². The van der Waals surface area contributed by atoms with E-state index in [1.54, 1.807) is 6.07 Å². The Labute approximate surface area is 118 Å². The Hall–Kier alpha value is -1.43. The van der Waals surface area contributed by atoms with Crippen molar-refractivity contribution in [1.29, 1.82) is 0 Å². The molecule has 1 aromatic rings. The number of ether oxygens (including phenoxy) is 2. The number of ketones is 1. The van der Waals surface area contributed by atoms with Gasteiger partial charge in [-0.2, -0.15) is 0 Å². The molecule has 0 unspecified atom stereocenters. The number of Topliss-reactive ketones (excluding diaryl/α,β-unsaturated/α-hetero) is 1. The Kier molecular flexibility index (Phi) is 4.19. The van der Waals surface area contributed by atoms with Crippen molar-refractivity contribution in [3.05, 3.63) is 28.0 Å². The Morgan fingerprint density at radius 3 is 3.00 bits per heavy atom. The zero-order valence-electron chi connectivity index (χ0n) is 10.2. The third kappa shape index (κ3) is 3.12. The minimum absolute atomic E-state index is 0.0985. The maximum atomic E-state index is 13.4. The molecule has 2 rings (SSSR count). The van der Waals surface area contributed by atoms with Crippen LogP contribution in [0.5, 0.6) is 5.75 Å². The lowest BCUT2D eigenvalue weighted by Gasteiger charge is -2.25. The molecule has 0 aliphatic carbocycles. The molecule has 0 saturated heterocycles. The number of hydrogen-bond donors (Lipinski definition) is 0. The molecule has 4 nitrogen and oxygen atoms in total. The van der Waals surface area contributed by atoms with E-state index in [-0.39, 0.29) is 25.0 Å². The summed E-state index contributed by atoms with van der Waals surface area (Å²) in [6, 6.07) is 2.79. The van der Waals surface area contributed by atoms with E-state index < -0.39 is 17.9 Å². The standard InChI is InChI=1S/C13H12BrFO4/c1-18-13(17)3-2-11-10(16)5-7-4-8(14)9(15)6-12(7)19-11/h4,6,11H,2-3,5H2,1H3/t11-/m0/s1. The first kappa shape index (κ1) is 14.0. The van der Waals surface area contributed by atoms with E-state index in [2.05, 4.69) is 20.7 Å². The van der Waals surface area contributed by atoms with Crippen molar-refractivity contribution in [2.24, 2.45) is 0 Å². The summed E-state index contributed by atoms with van der Waals surface area (Å²) < 4.78 is 23.7. The van der Waals surface area contributed by atoms with E-state index in [0.717, 1.165) is 0 Å². The summed E-state index contributed by atoms with van der Waals surface area (Å²) in [6.45, 7) is 0. The van der Waals surface area contributed by atoms with E-state index in [1.165, 1.54) is 13.2 Å². The van der Waals surface area contributed by atoms with Gasteiger partial charge in [-0.1, -0.05) is 0 Å². The minimum atomic E-state index is -0.716. The van der Waals surface area contributed by atoms with Gasteiger partial charge in [-0.3, -0.25) is 9.59 Å². The van der Waals surface area contributed by atoms with Gasteiger partial charge < -0.3 is 9.47 Å². The molecule has 102 valence electrons. The summed E-state index contributed by atoms with van der Waals surface area (Å²) in [5, 5.41) is 0. The number of carbonyl (C=O) groups is 2. The molecule has 1 atom stereocenters. The summed E-state index contributed by atoms with van der Waals surface area (Å²) >= 11 is 3.07. The van der Waals surface area contributed by atoms with Crippen LogP contribution in [-0.2, 0) is 20.7 Å². The fourth-order valence-electron chi connectivity index (χ4n) is 1.91. The second kappa shape index (κ2) is 5.69. The zero-order chi connectivity index (χ0) is 14.0. The van der Waals surface area contributed by atoms with Crippen molar-refractivity contribution in [1.82, 2.24) is 0 Å². The van der Waals surface area contributed by atoms with Crippen molar-refractivity contribution in [3.63, 3.8) is 0 Å². The van der Waals surface area contributed by atoms with Crippen LogP contribution in [0.15, 0.2) is 16.6 Å². The summed E-state index contributed by atoms with van der Waals surface area (Å²) in [4.78, 5) is 22.9. The second-order valence-corrected chi connectivity index (χ2v) is 5.09. The number of carbonyl (C=O) groups excluding carboxylic acids is 2. The maximum absolute atomic E-state index is 13.4. The van der Waals surface area contributed by atoms with Crippen LogP contribution >= 0.6 is 15.9 Å². The van der Waals surface area contributed by atoms with Crippen molar-refractivity contribution in [3.8, 4) is 5.75 Å². The van der Waals surface area contributed by atoms with Gasteiger partial charge in [0.15, 0.2) is 11.9 Å². The molecule has 0 radical (unpaired) electrons. The van der Waals surface area contributed by atoms with Crippen LogP contribution in [0.3, 0.4) is 0 Å². The fourth-order valence-corrected chi connectivity index (χ4v) is 2.30. The number of esters is 1. The Morgan fingerprint density at radius 2 is 2.32 bits per heavy atom. The molecule has 19 heavy (non-hydrogen) atoms. The summed E-state index contributed by atoms with van der Waals surface area (Å²) in [5.41, 5.74) is 0.646. The molecule has 0 saturated carbocycles. The number of hydrogen-bond acceptors (Lipinski definition) is 4. The highest BCUT2D eigenvalue weighted by Crippen LogP contribution is 2.32. The summed E-state index contributed by atoms with van der Waals surface area (Å²) in [5.74, 6) is -0.603. The quantitative estimate of drug-likeness (QED) is 0.798. The summed E-state index contributed by atoms with van der Waals surface area (Å²) in [7, 11) is 1.29. The van der Waals surface area contributed by atoms with E-state index in [9.17, 15) is 14.0 Å². The molecular weight excluding hydrogens is 319 g/mol. The molecule has 0 N–H and O–H groups in total. The first-order valence-corrected chi connectivity index (χ1v) is 6.54. The fraction of sp³-hybridized carbons (Fsp3) is 0.385. The number of methoxy groups -OCH3 is 1. The molecule has 1 aliphatic heterocycles. The van der Waals surface area contributed by atoms with Gasteiger partial charge in [0.1, 0.15) is 11.6 Å². The number of halogens is 2. The van der Waals surface area contributed by atoms with E-state index >= 15 is 0 Å². The van der Waals surface area contributed by atoms with Crippen molar-refractivity contribution in [2.45, 2.75) is 25.4 Å². The van der Waals surface area contributed by atoms with Crippen LogP contribution in [0.4, 0.5) is 4.39 Å². The number of fused-ring (bicyclic) bond motifs is 1. The monoisotopic (exact) mass is 330 g/mol. The van der Waals surface area contributed by atoms with Crippen molar-refractivity contribution < 1.29 is 23.5 Å². The number of benzene rings is 1. The molecule has 0 aromatic heterocycles. The van der Waals surface area contributed by atoms with Crippen LogP contribution < -0.4 is 4.74 Å². The number of rotatable bonds is 3. The molecule has 0 spiro atoms. The van der Waals surface area contributed by atoms with E-state index in [4.69, 9.17) is 4.74 Å². The van der Waals surface area contributed by atoms with Gasteiger partial charge in [0.25, 0.3) is 0 Å². The smallest absolute Gasteiger partial charge is 0.305 e. The highest BCUT2D eigenvalue weighted by molar-refractivity contribution is 9.10. The van der Waals surface area contributed by atoms with Gasteiger partial charge in [-0.15, -0.1) is 0 Å². The SMILES string of the molecule is COC(=O)CC[C@@H]1Oc2cc(F)c(Br)cc2CC1=O. The Balaban J connectivity index is 2.12. The lowest BCUT2D eigenvalue weighted by atomic mass is 9.98. The highest BCUT2D eigenvalue weighted by atomic mass is 79.9.